The van der Waals surface area contributed by atoms with E-state index in [1.54, 1.807) is 0 Å². The van der Waals surface area contributed by atoms with Crippen molar-refractivity contribution in [1.29, 1.82) is 0 Å². The van der Waals surface area contributed by atoms with Crippen LogP contribution in [0.25, 0.3) is 0 Å². The largest absolute Gasteiger partial charge is 0.490 e. The molecule has 3 rings (SSSR count). The van der Waals surface area contributed by atoms with Crippen LogP contribution in [0.5, 0.6) is 5.75 Å². The van der Waals surface area contributed by atoms with Gasteiger partial charge in [-0.05, 0) is 37.8 Å². The zero-order valence-electron chi connectivity index (χ0n) is 10.4. The van der Waals surface area contributed by atoms with Crippen LogP contribution in [0.4, 0.5) is 0 Å². The van der Waals surface area contributed by atoms with Gasteiger partial charge >= 0.3 is 0 Å². The highest BCUT2D eigenvalue weighted by Crippen LogP contribution is 2.58. The molecule has 3 heteroatoms. The second kappa shape index (κ2) is 4.43. The highest BCUT2D eigenvalue weighted by Gasteiger charge is 2.42. The van der Waals surface area contributed by atoms with Crippen LogP contribution < -0.4 is 4.74 Å². The molecule has 0 aromatic heterocycles. The topological polar surface area (TPSA) is 9.23 Å². The molecular weight excluding hydrogens is 248 g/mol. The van der Waals surface area contributed by atoms with E-state index < -0.39 is 0 Å². The quantitative estimate of drug-likeness (QED) is 0.697. The van der Waals surface area contributed by atoms with Gasteiger partial charge in [0.25, 0.3) is 0 Å². The first-order valence-electron chi connectivity index (χ1n) is 6.25. The van der Waals surface area contributed by atoms with Gasteiger partial charge in [-0.15, -0.1) is 23.5 Å². The average Bonchev–Trinajstić information content (AvgIpc) is 2.31. The molecule has 1 saturated heterocycles. The summed E-state index contributed by atoms with van der Waals surface area (Å²) >= 11 is 4.25. The highest BCUT2D eigenvalue weighted by molar-refractivity contribution is 8.18. The lowest BCUT2D eigenvalue weighted by molar-refractivity contribution is 0.185. The first-order chi connectivity index (χ1) is 8.20. The van der Waals surface area contributed by atoms with Gasteiger partial charge in [-0.25, -0.2) is 0 Å². The van der Waals surface area contributed by atoms with E-state index in [1.165, 1.54) is 29.1 Å². The Morgan fingerprint density at radius 3 is 2.82 bits per heavy atom. The minimum absolute atomic E-state index is 0.261. The fourth-order valence-electron chi connectivity index (χ4n) is 2.64. The number of rotatable bonds is 0. The summed E-state index contributed by atoms with van der Waals surface area (Å²) in [5.41, 5.74) is 2.76. The summed E-state index contributed by atoms with van der Waals surface area (Å²) in [6.07, 6.45) is 2.81. The van der Waals surface area contributed by atoms with E-state index in [9.17, 15) is 0 Å². The zero-order chi connectivity index (χ0) is 11.9. The van der Waals surface area contributed by atoms with Crippen molar-refractivity contribution in [2.75, 3.05) is 11.5 Å². The Morgan fingerprint density at radius 1 is 1.29 bits per heavy atom. The molecule has 0 bridgehead atoms. The fraction of sp³-hybridized carbons (Fsp3) is 0.571. The van der Waals surface area contributed by atoms with E-state index in [-0.39, 0.29) is 4.08 Å². The molecule has 2 aliphatic heterocycles. The summed E-state index contributed by atoms with van der Waals surface area (Å²) in [7, 11) is 0. The van der Waals surface area contributed by atoms with Crippen LogP contribution >= 0.6 is 23.5 Å². The van der Waals surface area contributed by atoms with Crippen LogP contribution in [-0.4, -0.2) is 17.6 Å². The first kappa shape index (κ1) is 11.8. The molecule has 1 atom stereocenters. The average molecular weight is 266 g/mol. The Labute approximate surface area is 112 Å². The standard InChI is InChI=1S/C14H18OS2/c1-10-4-5-13-12(8-10)14(9-11(2)15-13)16-6-3-7-17-14/h4-5,8,11H,3,6-7,9H2,1-2H3/t11-/m0/s1. The fourth-order valence-corrected chi connectivity index (χ4v) is 6.23. The maximum absolute atomic E-state index is 5.99. The van der Waals surface area contributed by atoms with Gasteiger partial charge in [-0.1, -0.05) is 17.7 Å². The Morgan fingerprint density at radius 2 is 2.06 bits per heavy atom. The molecule has 1 aromatic carbocycles. The maximum Gasteiger partial charge on any atom is 0.125 e. The van der Waals surface area contributed by atoms with Crippen LogP contribution in [0, 0.1) is 6.92 Å². The number of aryl methyl sites for hydroxylation is 1. The molecule has 0 amide bonds. The van der Waals surface area contributed by atoms with Gasteiger partial charge < -0.3 is 4.74 Å². The van der Waals surface area contributed by atoms with Crippen molar-refractivity contribution >= 4 is 23.5 Å². The minimum atomic E-state index is 0.261. The number of benzene rings is 1. The van der Waals surface area contributed by atoms with Crippen molar-refractivity contribution in [1.82, 2.24) is 0 Å². The van der Waals surface area contributed by atoms with Crippen molar-refractivity contribution in [2.24, 2.45) is 0 Å². The molecule has 1 fully saturated rings. The lowest BCUT2D eigenvalue weighted by Crippen LogP contribution is -2.34. The Bertz CT molecular complexity index is 424. The summed E-state index contributed by atoms with van der Waals surface area (Å²) in [6.45, 7) is 4.37. The van der Waals surface area contributed by atoms with E-state index in [0.717, 1.165) is 12.2 Å². The second-order valence-electron chi connectivity index (χ2n) is 4.94. The Balaban J connectivity index is 2.08. The lowest BCUT2D eigenvalue weighted by atomic mass is 9.99. The molecular formula is C14H18OS2. The van der Waals surface area contributed by atoms with Crippen molar-refractivity contribution in [2.45, 2.75) is 36.9 Å². The van der Waals surface area contributed by atoms with Crippen LogP contribution in [-0.2, 0) is 4.08 Å². The van der Waals surface area contributed by atoms with Crippen molar-refractivity contribution in [3.8, 4) is 5.75 Å². The molecule has 17 heavy (non-hydrogen) atoms. The number of hydrogen-bond donors (Lipinski definition) is 0. The molecule has 1 spiro atoms. The van der Waals surface area contributed by atoms with E-state index in [0.29, 0.717) is 6.10 Å². The predicted octanol–water partition coefficient (Wildman–Crippen LogP) is 4.19. The van der Waals surface area contributed by atoms with Gasteiger partial charge in [0, 0.05) is 12.0 Å². The molecule has 92 valence electrons. The van der Waals surface area contributed by atoms with Crippen LogP contribution in [0.3, 0.4) is 0 Å². The normalized spacial score (nSPS) is 26.4. The number of hydrogen-bond acceptors (Lipinski definition) is 3. The third-order valence-corrected chi connectivity index (χ3v) is 6.79. The van der Waals surface area contributed by atoms with Gasteiger partial charge in [0.2, 0.25) is 0 Å². The molecule has 0 unspecified atom stereocenters. The Hall–Kier alpha value is -0.280. The highest BCUT2D eigenvalue weighted by atomic mass is 32.2. The number of fused-ring (bicyclic) bond motifs is 2. The molecule has 1 aromatic rings. The molecule has 1 nitrogen and oxygen atoms in total. The maximum atomic E-state index is 5.99. The monoisotopic (exact) mass is 266 g/mol. The lowest BCUT2D eigenvalue weighted by Gasteiger charge is -2.43. The molecule has 0 N–H and O–H groups in total. The van der Waals surface area contributed by atoms with Crippen molar-refractivity contribution < 1.29 is 4.74 Å². The summed E-state index contributed by atoms with van der Waals surface area (Å²) in [5.74, 6) is 3.68. The molecule has 0 aliphatic carbocycles. The van der Waals surface area contributed by atoms with E-state index in [2.05, 4.69) is 55.6 Å². The summed E-state index contributed by atoms with van der Waals surface area (Å²) in [4.78, 5) is 0. The van der Waals surface area contributed by atoms with E-state index in [1.807, 2.05) is 0 Å². The third-order valence-electron chi connectivity index (χ3n) is 3.39. The smallest absolute Gasteiger partial charge is 0.125 e. The zero-order valence-corrected chi connectivity index (χ0v) is 12.0. The second-order valence-corrected chi connectivity index (χ2v) is 7.98. The van der Waals surface area contributed by atoms with Crippen LogP contribution in [0.15, 0.2) is 18.2 Å². The number of thioether (sulfide) groups is 2. The van der Waals surface area contributed by atoms with Crippen molar-refractivity contribution in [3.63, 3.8) is 0 Å². The van der Waals surface area contributed by atoms with Gasteiger partial charge in [-0.3, -0.25) is 0 Å². The van der Waals surface area contributed by atoms with Crippen LogP contribution in [0.2, 0.25) is 0 Å². The van der Waals surface area contributed by atoms with Crippen molar-refractivity contribution in [3.05, 3.63) is 29.3 Å². The van der Waals surface area contributed by atoms with Gasteiger partial charge in [-0.2, -0.15) is 0 Å². The molecule has 2 aliphatic rings. The van der Waals surface area contributed by atoms with E-state index in [4.69, 9.17) is 4.74 Å². The predicted molar refractivity (Wildman–Crippen MR) is 77.1 cm³/mol. The summed E-state index contributed by atoms with van der Waals surface area (Å²) in [6, 6.07) is 6.63. The third kappa shape index (κ3) is 2.08. The first-order valence-corrected chi connectivity index (χ1v) is 8.22. The van der Waals surface area contributed by atoms with Crippen LogP contribution in [0.1, 0.15) is 30.9 Å². The van der Waals surface area contributed by atoms with Gasteiger partial charge in [0.1, 0.15) is 5.75 Å². The van der Waals surface area contributed by atoms with Gasteiger partial charge in [0.05, 0.1) is 10.2 Å². The SMILES string of the molecule is Cc1ccc2c(c1)C1(C[C@H](C)O2)SCCCS1. The molecule has 0 saturated carbocycles. The molecule has 2 heterocycles. The van der Waals surface area contributed by atoms with E-state index >= 15 is 0 Å². The van der Waals surface area contributed by atoms with Gasteiger partial charge in [0.15, 0.2) is 0 Å². The molecule has 0 radical (unpaired) electrons. The Kier molecular flexibility index (Phi) is 3.07. The number of ether oxygens (including phenoxy) is 1. The summed E-state index contributed by atoms with van der Waals surface area (Å²) < 4.78 is 6.25. The summed E-state index contributed by atoms with van der Waals surface area (Å²) in [5, 5.41) is 0. The minimum Gasteiger partial charge on any atom is -0.490 e.